The van der Waals surface area contributed by atoms with Gasteiger partial charge in [-0.05, 0) is 30.3 Å². The summed E-state index contributed by atoms with van der Waals surface area (Å²) in [6, 6.07) is 12.7. The predicted octanol–water partition coefficient (Wildman–Crippen LogP) is 3.00. The zero-order chi connectivity index (χ0) is 20.7. The summed E-state index contributed by atoms with van der Waals surface area (Å²) in [5.41, 5.74) is 0.937. The summed E-state index contributed by atoms with van der Waals surface area (Å²) < 4.78 is 1.36. The van der Waals surface area contributed by atoms with Crippen LogP contribution in [-0.4, -0.2) is 27.5 Å². The van der Waals surface area contributed by atoms with Gasteiger partial charge in [0.2, 0.25) is 0 Å². The van der Waals surface area contributed by atoms with Crippen LogP contribution in [0, 0.1) is 11.3 Å². The average molecular weight is 406 g/mol. The Morgan fingerprint density at radius 3 is 2.59 bits per heavy atom. The van der Waals surface area contributed by atoms with E-state index >= 15 is 0 Å². The summed E-state index contributed by atoms with van der Waals surface area (Å²) in [4.78, 5) is 39.2. The van der Waals surface area contributed by atoms with E-state index in [4.69, 9.17) is 16.9 Å². The molecule has 1 aromatic heterocycles. The molecule has 3 amide bonds. The van der Waals surface area contributed by atoms with Crippen LogP contribution in [0.1, 0.15) is 36.6 Å². The number of benzene rings is 2. The van der Waals surface area contributed by atoms with E-state index in [2.05, 4.69) is 10.4 Å². The summed E-state index contributed by atoms with van der Waals surface area (Å²) in [6.07, 6.45) is 1.34. The van der Waals surface area contributed by atoms with Crippen LogP contribution in [0.4, 0.5) is 11.5 Å². The molecule has 0 saturated heterocycles. The van der Waals surface area contributed by atoms with Gasteiger partial charge in [-0.3, -0.25) is 19.1 Å². The molecule has 29 heavy (non-hydrogen) atoms. The minimum absolute atomic E-state index is 0.105. The van der Waals surface area contributed by atoms with Gasteiger partial charge >= 0.3 is 0 Å². The Hall–Kier alpha value is -3.96. The number of para-hydroxylation sites is 1. The van der Waals surface area contributed by atoms with E-state index in [1.807, 2.05) is 6.07 Å². The first kappa shape index (κ1) is 18.4. The zero-order valence-corrected chi connectivity index (χ0v) is 15.8. The third kappa shape index (κ3) is 2.94. The van der Waals surface area contributed by atoms with E-state index < -0.39 is 17.7 Å². The fourth-order valence-corrected chi connectivity index (χ4v) is 3.30. The molecule has 0 unspecified atom stereocenters. The first-order valence-electron chi connectivity index (χ1n) is 8.43. The first-order chi connectivity index (χ1) is 13.9. The standard InChI is InChI=1S/C20H12ClN5O3/c1-25-17(12(9-22)10-23-25)24-18(27)11-6-7-13-14(8-11)20(29)26(19(13)28)16-5-3-2-4-15(16)21/h2-8,10H,1H3,(H,24,27). The van der Waals surface area contributed by atoms with Gasteiger partial charge in [0.05, 0.1) is 28.0 Å². The molecule has 4 rings (SSSR count). The third-order valence-electron chi connectivity index (χ3n) is 4.53. The number of carbonyl (C=O) groups is 3. The molecule has 0 aliphatic carbocycles. The Bertz CT molecular complexity index is 1240. The van der Waals surface area contributed by atoms with Crippen LogP contribution in [0.5, 0.6) is 0 Å². The van der Waals surface area contributed by atoms with Gasteiger partial charge in [0, 0.05) is 12.6 Å². The van der Waals surface area contributed by atoms with Gasteiger partial charge in [0.1, 0.15) is 17.5 Å². The number of nitrogens with zero attached hydrogens (tertiary/aromatic N) is 4. The van der Waals surface area contributed by atoms with Crippen molar-refractivity contribution in [1.82, 2.24) is 9.78 Å². The van der Waals surface area contributed by atoms with Crippen molar-refractivity contribution in [2.45, 2.75) is 0 Å². The first-order valence-corrected chi connectivity index (χ1v) is 8.81. The topological polar surface area (TPSA) is 108 Å². The number of fused-ring (bicyclic) bond motifs is 1. The Morgan fingerprint density at radius 1 is 1.14 bits per heavy atom. The van der Waals surface area contributed by atoms with Crippen LogP contribution in [0.3, 0.4) is 0 Å². The van der Waals surface area contributed by atoms with Crippen LogP contribution in [-0.2, 0) is 7.05 Å². The Morgan fingerprint density at radius 2 is 1.86 bits per heavy atom. The van der Waals surface area contributed by atoms with Gasteiger partial charge in [-0.25, -0.2) is 4.90 Å². The SMILES string of the molecule is Cn1ncc(C#N)c1NC(=O)c1ccc2c(c1)C(=O)N(c1ccccc1Cl)C2=O. The molecule has 1 aliphatic heterocycles. The second-order valence-corrected chi connectivity index (χ2v) is 6.66. The number of carbonyl (C=O) groups excluding carboxylic acids is 3. The predicted molar refractivity (Wildman–Crippen MR) is 105 cm³/mol. The average Bonchev–Trinajstić information content (AvgIpc) is 3.19. The Labute approximate surface area is 169 Å². The number of rotatable bonds is 3. The number of imide groups is 1. The highest BCUT2D eigenvalue weighted by Gasteiger charge is 2.38. The third-order valence-corrected chi connectivity index (χ3v) is 4.85. The van der Waals surface area contributed by atoms with Gasteiger partial charge in [0.15, 0.2) is 0 Å². The number of aryl methyl sites for hydroxylation is 1. The molecule has 0 saturated carbocycles. The van der Waals surface area contributed by atoms with Crippen LogP contribution >= 0.6 is 11.6 Å². The molecule has 2 heterocycles. The van der Waals surface area contributed by atoms with Gasteiger partial charge in [-0.1, -0.05) is 23.7 Å². The molecular weight excluding hydrogens is 394 g/mol. The highest BCUT2D eigenvalue weighted by atomic mass is 35.5. The van der Waals surface area contributed by atoms with Gasteiger partial charge in [-0.2, -0.15) is 10.4 Å². The minimum atomic E-state index is -0.564. The summed E-state index contributed by atoms with van der Waals surface area (Å²) in [5.74, 6) is -1.38. The number of hydrogen-bond acceptors (Lipinski definition) is 5. The minimum Gasteiger partial charge on any atom is -0.306 e. The highest BCUT2D eigenvalue weighted by molar-refractivity contribution is 6.40. The van der Waals surface area contributed by atoms with Crippen molar-refractivity contribution in [3.05, 3.63) is 75.9 Å². The van der Waals surface area contributed by atoms with E-state index in [9.17, 15) is 14.4 Å². The maximum Gasteiger partial charge on any atom is 0.266 e. The summed E-state index contributed by atoms with van der Waals surface area (Å²) in [7, 11) is 1.59. The molecule has 0 bridgehead atoms. The number of amides is 3. The second-order valence-electron chi connectivity index (χ2n) is 6.25. The normalized spacial score (nSPS) is 12.7. The molecule has 1 N–H and O–H groups in total. The smallest absolute Gasteiger partial charge is 0.266 e. The number of aromatic nitrogens is 2. The fraction of sp³-hybridized carbons (Fsp3) is 0.0500. The van der Waals surface area contributed by atoms with E-state index in [1.54, 1.807) is 31.3 Å². The monoisotopic (exact) mass is 405 g/mol. The maximum absolute atomic E-state index is 12.9. The molecule has 0 atom stereocenters. The van der Waals surface area contributed by atoms with Crippen LogP contribution in [0.2, 0.25) is 5.02 Å². The summed E-state index contributed by atoms with van der Waals surface area (Å²) in [6.45, 7) is 0. The van der Waals surface area contributed by atoms with Crippen molar-refractivity contribution in [1.29, 1.82) is 5.26 Å². The van der Waals surface area contributed by atoms with E-state index in [0.717, 1.165) is 4.90 Å². The van der Waals surface area contributed by atoms with Crippen molar-refractivity contribution in [2.75, 3.05) is 10.2 Å². The molecule has 2 aromatic carbocycles. The second kappa shape index (κ2) is 6.89. The lowest BCUT2D eigenvalue weighted by atomic mass is 10.1. The van der Waals surface area contributed by atoms with Crippen LogP contribution in [0.15, 0.2) is 48.7 Å². The molecular formula is C20H12ClN5O3. The lowest BCUT2D eigenvalue weighted by Gasteiger charge is -2.15. The maximum atomic E-state index is 12.9. The van der Waals surface area contributed by atoms with Gasteiger partial charge in [-0.15, -0.1) is 0 Å². The van der Waals surface area contributed by atoms with Crippen molar-refractivity contribution in [3.63, 3.8) is 0 Å². The molecule has 3 aromatic rings. The lowest BCUT2D eigenvalue weighted by Crippen LogP contribution is -2.29. The molecule has 0 radical (unpaired) electrons. The molecule has 9 heteroatoms. The number of nitrogens with one attached hydrogen (secondary N) is 1. The Kier molecular flexibility index (Phi) is 4.37. The number of anilines is 2. The van der Waals surface area contributed by atoms with Crippen molar-refractivity contribution >= 4 is 40.8 Å². The molecule has 0 fully saturated rings. The lowest BCUT2D eigenvalue weighted by molar-refractivity contribution is 0.0925. The van der Waals surface area contributed by atoms with Crippen LogP contribution in [0.25, 0.3) is 0 Å². The largest absolute Gasteiger partial charge is 0.306 e. The van der Waals surface area contributed by atoms with Crippen molar-refractivity contribution < 1.29 is 14.4 Å². The number of halogens is 1. The highest BCUT2D eigenvalue weighted by Crippen LogP contribution is 2.33. The summed E-state index contributed by atoms with van der Waals surface area (Å²) >= 11 is 6.14. The van der Waals surface area contributed by atoms with Crippen molar-refractivity contribution in [2.24, 2.45) is 7.05 Å². The van der Waals surface area contributed by atoms with E-state index in [-0.39, 0.29) is 38.8 Å². The zero-order valence-electron chi connectivity index (χ0n) is 15.0. The van der Waals surface area contributed by atoms with E-state index in [0.29, 0.717) is 0 Å². The molecule has 8 nitrogen and oxygen atoms in total. The molecule has 0 spiro atoms. The van der Waals surface area contributed by atoms with Gasteiger partial charge in [0.25, 0.3) is 17.7 Å². The molecule has 1 aliphatic rings. The van der Waals surface area contributed by atoms with Crippen LogP contribution < -0.4 is 10.2 Å². The number of hydrogen-bond donors (Lipinski definition) is 1. The van der Waals surface area contributed by atoms with Gasteiger partial charge < -0.3 is 5.32 Å². The quantitative estimate of drug-likeness (QED) is 0.674. The fourth-order valence-electron chi connectivity index (χ4n) is 3.08. The Balaban J connectivity index is 1.68. The summed E-state index contributed by atoms with van der Waals surface area (Å²) in [5, 5.41) is 15.9. The van der Waals surface area contributed by atoms with Crippen molar-refractivity contribution in [3.8, 4) is 6.07 Å². The van der Waals surface area contributed by atoms with E-state index in [1.165, 1.54) is 29.1 Å². The molecule has 142 valence electrons. The number of nitriles is 1.